The summed E-state index contributed by atoms with van der Waals surface area (Å²) in [6.07, 6.45) is 5.76. The number of pyridine rings is 2. The number of nitriles is 1. The Kier molecular flexibility index (Phi) is 6.40. The number of nitrogens with zero attached hydrogens (tertiary/aromatic N) is 4. The van der Waals surface area contributed by atoms with E-state index >= 15 is 0 Å². The second-order valence-electron chi connectivity index (χ2n) is 8.14. The fourth-order valence-corrected chi connectivity index (χ4v) is 4.17. The zero-order valence-corrected chi connectivity index (χ0v) is 18.4. The summed E-state index contributed by atoms with van der Waals surface area (Å²) in [5.74, 6) is 0.559. The van der Waals surface area contributed by atoms with Gasteiger partial charge in [-0.2, -0.15) is 5.26 Å². The molecule has 2 unspecified atom stereocenters. The topological polar surface area (TPSA) is 149 Å². The van der Waals surface area contributed by atoms with Crippen LogP contribution in [0.15, 0.2) is 35.2 Å². The molecule has 2 atom stereocenters. The van der Waals surface area contributed by atoms with Gasteiger partial charge in [0.2, 0.25) is 0 Å². The minimum absolute atomic E-state index is 0.0577. The van der Waals surface area contributed by atoms with E-state index in [1.54, 1.807) is 18.5 Å². The second kappa shape index (κ2) is 9.56. The van der Waals surface area contributed by atoms with Crippen LogP contribution in [0, 0.1) is 25.2 Å². The number of hydrogen-bond acceptors (Lipinski definition) is 8. The minimum atomic E-state index is -1.03. The van der Waals surface area contributed by atoms with Crippen LogP contribution in [-0.4, -0.2) is 38.4 Å². The van der Waals surface area contributed by atoms with Gasteiger partial charge in [-0.1, -0.05) is 18.0 Å². The average molecular weight is 447 g/mol. The van der Waals surface area contributed by atoms with Crippen molar-refractivity contribution < 1.29 is 14.4 Å². The molecular formula is C23H25N7O3. The van der Waals surface area contributed by atoms with E-state index in [-0.39, 0.29) is 17.8 Å². The number of rotatable bonds is 6. The molecule has 4 N–H and O–H groups in total. The summed E-state index contributed by atoms with van der Waals surface area (Å²) in [6, 6.07) is 7.46. The normalized spacial score (nSPS) is 17.7. The van der Waals surface area contributed by atoms with Gasteiger partial charge in [-0.25, -0.2) is 14.8 Å². The molecule has 0 aromatic carbocycles. The zero-order valence-electron chi connectivity index (χ0n) is 18.4. The molecule has 0 aliphatic heterocycles. The van der Waals surface area contributed by atoms with Crippen molar-refractivity contribution in [3.05, 3.63) is 47.7 Å². The monoisotopic (exact) mass is 447 g/mol. The van der Waals surface area contributed by atoms with Crippen LogP contribution in [-0.2, 0) is 0 Å². The number of aryl methyl sites for hydroxylation is 2. The predicted molar refractivity (Wildman–Crippen MR) is 122 cm³/mol. The summed E-state index contributed by atoms with van der Waals surface area (Å²) >= 11 is 0. The molecule has 3 aromatic rings. The number of hydrogen-bond donors (Lipinski definition) is 4. The molecule has 1 saturated carbocycles. The van der Waals surface area contributed by atoms with E-state index in [1.165, 1.54) is 0 Å². The highest BCUT2D eigenvalue weighted by molar-refractivity contribution is 5.72. The van der Waals surface area contributed by atoms with Crippen molar-refractivity contribution in [1.29, 1.82) is 5.26 Å². The van der Waals surface area contributed by atoms with Gasteiger partial charge in [-0.05, 0) is 50.5 Å². The van der Waals surface area contributed by atoms with E-state index in [9.17, 15) is 10.1 Å². The van der Waals surface area contributed by atoms with E-state index in [0.29, 0.717) is 17.2 Å². The molecule has 170 valence electrons. The molecule has 10 nitrogen and oxygen atoms in total. The molecule has 0 saturated heterocycles. The minimum Gasteiger partial charge on any atom is -0.465 e. The van der Waals surface area contributed by atoms with E-state index in [1.807, 2.05) is 26.0 Å². The zero-order chi connectivity index (χ0) is 23.4. The van der Waals surface area contributed by atoms with Crippen LogP contribution >= 0.6 is 0 Å². The lowest BCUT2D eigenvalue weighted by Crippen LogP contribution is -2.48. The first kappa shape index (κ1) is 22.1. The van der Waals surface area contributed by atoms with Crippen molar-refractivity contribution in [3.63, 3.8) is 0 Å². The van der Waals surface area contributed by atoms with Crippen molar-refractivity contribution in [2.24, 2.45) is 0 Å². The first-order valence-electron chi connectivity index (χ1n) is 10.8. The Morgan fingerprint density at radius 1 is 1.21 bits per heavy atom. The van der Waals surface area contributed by atoms with Gasteiger partial charge in [0.05, 0.1) is 29.3 Å². The van der Waals surface area contributed by atoms with Crippen molar-refractivity contribution in [2.75, 3.05) is 10.6 Å². The molecule has 1 aliphatic carbocycles. The van der Waals surface area contributed by atoms with Gasteiger partial charge in [0, 0.05) is 17.3 Å². The van der Waals surface area contributed by atoms with Crippen molar-refractivity contribution in [2.45, 2.75) is 51.6 Å². The molecule has 10 heteroatoms. The lowest BCUT2D eigenvalue weighted by atomic mass is 9.90. The number of nitrogens with one attached hydrogen (secondary N) is 3. The average Bonchev–Trinajstić information content (AvgIpc) is 3.20. The fraction of sp³-hybridized carbons (Fsp3) is 0.348. The first-order chi connectivity index (χ1) is 15.9. The second-order valence-corrected chi connectivity index (χ2v) is 8.14. The van der Waals surface area contributed by atoms with Crippen LogP contribution in [0.1, 0.15) is 42.8 Å². The Hall–Kier alpha value is -4.13. The van der Waals surface area contributed by atoms with E-state index in [0.717, 1.165) is 48.2 Å². The third kappa shape index (κ3) is 5.20. The standard InChI is InChI=1S/C23H25N7O3/c1-13-7-15(17-12-33-30-14(17)2)8-22(26-13)28-20-9-16(11-25-21(20)10-24)27-18-5-3-4-6-19(18)29-23(31)32/h7-9,11-12,18-19,27,29H,3-6H2,1-2H3,(H,26,28)(H,31,32). The highest BCUT2D eigenvalue weighted by atomic mass is 16.5. The largest absolute Gasteiger partial charge is 0.465 e. The predicted octanol–water partition coefficient (Wildman–Crippen LogP) is 4.35. The smallest absolute Gasteiger partial charge is 0.404 e. The van der Waals surface area contributed by atoms with Gasteiger partial charge >= 0.3 is 6.09 Å². The molecular weight excluding hydrogens is 422 g/mol. The van der Waals surface area contributed by atoms with Crippen LogP contribution in [0.4, 0.5) is 22.0 Å². The maximum Gasteiger partial charge on any atom is 0.404 e. The number of anilines is 3. The Labute approximate surface area is 191 Å². The molecule has 0 radical (unpaired) electrons. The Balaban J connectivity index is 1.59. The Morgan fingerprint density at radius 3 is 2.70 bits per heavy atom. The van der Waals surface area contributed by atoms with E-state index < -0.39 is 6.09 Å². The molecule has 4 rings (SSSR count). The highest BCUT2D eigenvalue weighted by Gasteiger charge is 2.26. The fourth-order valence-electron chi connectivity index (χ4n) is 4.17. The summed E-state index contributed by atoms with van der Waals surface area (Å²) in [4.78, 5) is 20.0. The van der Waals surface area contributed by atoms with Gasteiger partial charge < -0.3 is 25.6 Å². The van der Waals surface area contributed by atoms with E-state index in [2.05, 4.69) is 37.1 Å². The third-order valence-electron chi connectivity index (χ3n) is 5.70. The lowest BCUT2D eigenvalue weighted by Gasteiger charge is -2.32. The lowest BCUT2D eigenvalue weighted by molar-refractivity contribution is 0.184. The Morgan fingerprint density at radius 2 is 2.00 bits per heavy atom. The van der Waals surface area contributed by atoms with Crippen LogP contribution in [0.5, 0.6) is 0 Å². The summed E-state index contributed by atoms with van der Waals surface area (Å²) in [5.41, 5.74) is 4.77. The van der Waals surface area contributed by atoms with Gasteiger partial charge in [0.25, 0.3) is 0 Å². The van der Waals surface area contributed by atoms with Crippen molar-refractivity contribution in [1.82, 2.24) is 20.4 Å². The third-order valence-corrected chi connectivity index (χ3v) is 5.70. The number of carboxylic acid groups (broad SMARTS) is 1. The first-order valence-corrected chi connectivity index (χ1v) is 10.8. The maximum atomic E-state index is 11.2. The summed E-state index contributed by atoms with van der Waals surface area (Å²) in [6.45, 7) is 3.75. The maximum absolute atomic E-state index is 11.2. The summed E-state index contributed by atoms with van der Waals surface area (Å²) in [5, 5.41) is 31.8. The van der Waals surface area contributed by atoms with Gasteiger partial charge in [-0.15, -0.1) is 0 Å². The van der Waals surface area contributed by atoms with Crippen molar-refractivity contribution in [3.8, 4) is 17.2 Å². The molecule has 33 heavy (non-hydrogen) atoms. The molecule has 3 heterocycles. The molecule has 3 aromatic heterocycles. The number of carbonyl (C=O) groups is 1. The summed E-state index contributed by atoms with van der Waals surface area (Å²) < 4.78 is 5.06. The van der Waals surface area contributed by atoms with Crippen molar-refractivity contribution >= 4 is 23.3 Å². The van der Waals surface area contributed by atoms with E-state index in [4.69, 9.17) is 9.63 Å². The quantitative estimate of drug-likeness (QED) is 0.432. The molecule has 1 aliphatic rings. The molecule has 1 amide bonds. The number of aromatic nitrogens is 3. The number of amides is 1. The van der Waals surface area contributed by atoms with Gasteiger partial charge in [0.15, 0.2) is 5.69 Å². The highest BCUT2D eigenvalue weighted by Crippen LogP contribution is 2.29. The van der Waals surface area contributed by atoms with Gasteiger partial charge in [0.1, 0.15) is 18.2 Å². The Bertz CT molecular complexity index is 1200. The van der Waals surface area contributed by atoms with Gasteiger partial charge in [-0.3, -0.25) is 0 Å². The molecule has 0 spiro atoms. The molecule has 1 fully saturated rings. The molecule has 0 bridgehead atoms. The SMILES string of the molecule is Cc1cc(-c2conc2C)cc(Nc2cc(NC3CCCCC3NC(=O)O)cnc2C#N)n1. The van der Waals surface area contributed by atoms with Crippen LogP contribution < -0.4 is 16.0 Å². The van der Waals surface area contributed by atoms with Crippen LogP contribution in [0.25, 0.3) is 11.1 Å². The van der Waals surface area contributed by atoms with Crippen LogP contribution in [0.3, 0.4) is 0 Å². The summed E-state index contributed by atoms with van der Waals surface area (Å²) in [7, 11) is 0. The van der Waals surface area contributed by atoms with Crippen LogP contribution in [0.2, 0.25) is 0 Å².